The van der Waals surface area contributed by atoms with Crippen LogP contribution in [0.2, 0.25) is 0 Å². The number of morpholine rings is 1. The Bertz CT molecular complexity index is 612. The first-order valence-corrected chi connectivity index (χ1v) is 6.84. The first-order valence-electron chi connectivity index (χ1n) is 6.84. The van der Waals surface area contributed by atoms with E-state index < -0.39 is 0 Å². The average molecular weight is 284 g/mol. The second kappa shape index (κ2) is 6.32. The molecule has 0 aromatic carbocycles. The van der Waals surface area contributed by atoms with Crippen molar-refractivity contribution in [2.45, 2.75) is 0 Å². The molecule has 3 rings (SSSR count). The molecule has 0 saturated carbocycles. The Kier molecular flexibility index (Phi) is 4.07. The zero-order valence-electron chi connectivity index (χ0n) is 11.5. The summed E-state index contributed by atoms with van der Waals surface area (Å²) >= 11 is 0. The maximum absolute atomic E-state index is 12.2. The van der Waals surface area contributed by atoms with Crippen LogP contribution in [0.3, 0.4) is 0 Å². The first-order chi connectivity index (χ1) is 10.3. The molecule has 1 amide bonds. The maximum atomic E-state index is 12.2. The minimum absolute atomic E-state index is 0.238. The van der Waals surface area contributed by atoms with Crippen LogP contribution in [0.4, 0.5) is 11.5 Å². The van der Waals surface area contributed by atoms with Crippen LogP contribution in [0, 0.1) is 0 Å². The quantitative estimate of drug-likeness (QED) is 0.926. The predicted molar refractivity (Wildman–Crippen MR) is 79.5 cm³/mol. The van der Waals surface area contributed by atoms with Crippen LogP contribution >= 0.6 is 0 Å². The van der Waals surface area contributed by atoms with Gasteiger partial charge in [0.1, 0.15) is 11.5 Å². The summed E-state index contributed by atoms with van der Waals surface area (Å²) in [6.07, 6.45) is 3.26. The number of amides is 1. The van der Waals surface area contributed by atoms with E-state index in [1.54, 1.807) is 30.6 Å². The molecule has 0 radical (unpaired) electrons. The molecule has 108 valence electrons. The van der Waals surface area contributed by atoms with Crippen LogP contribution in [0.1, 0.15) is 10.5 Å². The minimum Gasteiger partial charge on any atom is -0.378 e. The fraction of sp³-hybridized carbons (Fsp3) is 0.267. The lowest BCUT2D eigenvalue weighted by molar-refractivity contribution is 0.102. The number of nitrogens with one attached hydrogen (secondary N) is 1. The van der Waals surface area contributed by atoms with Crippen LogP contribution in [0.5, 0.6) is 0 Å². The number of ether oxygens (including phenoxy) is 1. The van der Waals surface area contributed by atoms with E-state index in [4.69, 9.17) is 4.74 Å². The normalized spacial score (nSPS) is 14.8. The van der Waals surface area contributed by atoms with Crippen LogP contribution in [-0.2, 0) is 4.74 Å². The van der Waals surface area contributed by atoms with Crippen molar-refractivity contribution in [2.24, 2.45) is 0 Å². The van der Waals surface area contributed by atoms with Gasteiger partial charge in [-0.3, -0.25) is 9.78 Å². The van der Waals surface area contributed by atoms with Crippen molar-refractivity contribution in [2.75, 3.05) is 36.5 Å². The van der Waals surface area contributed by atoms with Crippen molar-refractivity contribution in [1.29, 1.82) is 0 Å². The van der Waals surface area contributed by atoms with Crippen molar-refractivity contribution in [3.8, 4) is 0 Å². The molecule has 0 bridgehead atoms. The molecule has 2 aromatic heterocycles. The summed E-state index contributed by atoms with van der Waals surface area (Å²) in [6.45, 7) is 2.96. The maximum Gasteiger partial charge on any atom is 0.274 e. The van der Waals surface area contributed by atoms with Gasteiger partial charge < -0.3 is 15.0 Å². The Balaban J connectivity index is 1.74. The lowest BCUT2D eigenvalue weighted by atomic mass is 10.3. The molecule has 6 nitrogen and oxygen atoms in total. The lowest BCUT2D eigenvalue weighted by Crippen LogP contribution is -2.37. The molecule has 1 N–H and O–H groups in total. The van der Waals surface area contributed by atoms with Crippen LogP contribution in [-0.4, -0.2) is 42.2 Å². The number of rotatable bonds is 3. The molecule has 1 aliphatic rings. The third-order valence-electron chi connectivity index (χ3n) is 3.22. The standard InChI is InChI=1S/C15H16N4O2/c20-15(17-12-3-2-6-16-11-12)13-4-1-5-14(18-13)19-7-9-21-10-8-19/h1-6,11H,7-10H2,(H,17,20). The molecule has 1 aliphatic heterocycles. The van der Waals surface area contributed by atoms with Crippen molar-refractivity contribution >= 4 is 17.4 Å². The van der Waals surface area contributed by atoms with E-state index in [2.05, 4.69) is 20.2 Å². The number of hydrogen-bond donors (Lipinski definition) is 1. The predicted octanol–water partition coefficient (Wildman–Crippen LogP) is 1.57. The zero-order valence-corrected chi connectivity index (χ0v) is 11.5. The number of aromatic nitrogens is 2. The van der Waals surface area contributed by atoms with Gasteiger partial charge in [-0.05, 0) is 24.3 Å². The average Bonchev–Trinajstić information content (AvgIpc) is 2.57. The Morgan fingerprint density at radius 3 is 2.81 bits per heavy atom. The van der Waals surface area contributed by atoms with E-state index >= 15 is 0 Å². The van der Waals surface area contributed by atoms with Gasteiger partial charge in [0, 0.05) is 19.3 Å². The molecule has 0 unspecified atom stereocenters. The molecule has 1 fully saturated rings. The molecule has 0 atom stereocenters. The number of nitrogens with zero attached hydrogens (tertiary/aromatic N) is 3. The molecule has 0 spiro atoms. The molecule has 2 aromatic rings. The van der Waals surface area contributed by atoms with Crippen LogP contribution < -0.4 is 10.2 Å². The van der Waals surface area contributed by atoms with Crippen molar-refractivity contribution in [3.05, 3.63) is 48.4 Å². The van der Waals surface area contributed by atoms with Crippen LogP contribution in [0.25, 0.3) is 0 Å². The highest BCUT2D eigenvalue weighted by atomic mass is 16.5. The van der Waals surface area contributed by atoms with Gasteiger partial charge in [0.2, 0.25) is 0 Å². The largest absolute Gasteiger partial charge is 0.378 e. The molecular formula is C15H16N4O2. The van der Waals surface area contributed by atoms with E-state index in [9.17, 15) is 4.79 Å². The number of carbonyl (C=O) groups excluding carboxylic acids is 1. The smallest absolute Gasteiger partial charge is 0.274 e. The van der Waals surface area contributed by atoms with Gasteiger partial charge in [-0.15, -0.1) is 0 Å². The van der Waals surface area contributed by atoms with Gasteiger partial charge in [0.15, 0.2) is 0 Å². The van der Waals surface area contributed by atoms with Gasteiger partial charge in [0.05, 0.1) is 25.1 Å². The number of anilines is 2. The third-order valence-corrected chi connectivity index (χ3v) is 3.22. The Hall–Kier alpha value is -2.47. The van der Waals surface area contributed by atoms with E-state index in [-0.39, 0.29) is 5.91 Å². The Labute approximate surface area is 122 Å². The second-order valence-electron chi connectivity index (χ2n) is 4.68. The summed E-state index contributed by atoms with van der Waals surface area (Å²) in [5, 5.41) is 2.78. The summed E-state index contributed by atoms with van der Waals surface area (Å²) in [7, 11) is 0. The number of carbonyl (C=O) groups is 1. The molecule has 0 aliphatic carbocycles. The summed E-state index contributed by atoms with van der Waals surface area (Å²) in [6, 6.07) is 9.02. The third kappa shape index (κ3) is 3.35. The molecule has 6 heteroatoms. The highest BCUT2D eigenvalue weighted by Crippen LogP contribution is 2.14. The first kappa shape index (κ1) is 13.5. The van der Waals surface area contributed by atoms with E-state index in [1.165, 1.54) is 0 Å². The molecular weight excluding hydrogens is 268 g/mol. The summed E-state index contributed by atoms with van der Waals surface area (Å²) in [4.78, 5) is 22.7. The summed E-state index contributed by atoms with van der Waals surface area (Å²) in [5.41, 5.74) is 1.05. The topological polar surface area (TPSA) is 67.4 Å². The fourth-order valence-corrected chi connectivity index (χ4v) is 2.15. The van der Waals surface area contributed by atoms with E-state index in [0.29, 0.717) is 24.6 Å². The minimum atomic E-state index is -0.238. The summed E-state index contributed by atoms with van der Waals surface area (Å²) in [5.74, 6) is 0.565. The van der Waals surface area contributed by atoms with Gasteiger partial charge in [0.25, 0.3) is 5.91 Å². The highest BCUT2D eigenvalue weighted by Gasteiger charge is 2.14. The van der Waals surface area contributed by atoms with Gasteiger partial charge in [-0.1, -0.05) is 6.07 Å². The van der Waals surface area contributed by atoms with E-state index in [1.807, 2.05) is 12.1 Å². The van der Waals surface area contributed by atoms with Gasteiger partial charge in [-0.25, -0.2) is 4.98 Å². The Morgan fingerprint density at radius 2 is 2.05 bits per heavy atom. The number of pyridine rings is 2. The van der Waals surface area contributed by atoms with E-state index in [0.717, 1.165) is 18.9 Å². The molecule has 1 saturated heterocycles. The highest BCUT2D eigenvalue weighted by molar-refractivity contribution is 6.02. The number of hydrogen-bond acceptors (Lipinski definition) is 5. The lowest BCUT2D eigenvalue weighted by Gasteiger charge is -2.27. The fourth-order valence-electron chi connectivity index (χ4n) is 2.15. The summed E-state index contributed by atoms with van der Waals surface area (Å²) < 4.78 is 5.32. The van der Waals surface area contributed by atoms with Crippen LogP contribution in [0.15, 0.2) is 42.7 Å². The molecule has 3 heterocycles. The second-order valence-corrected chi connectivity index (χ2v) is 4.68. The SMILES string of the molecule is O=C(Nc1cccnc1)c1cccc(N2CCOCC2)n1. The van der Waals surface area contributed by atoms with Crippen molar-refractivity contribution in [3.63, 3.8) is 0 Å². The zero-order chi connectivity index (χ0) is 14.5. The van der Waals surface area contributed by atoms with Crippen molar-refractivity contribution < 1.29 is 9.53 Å². The monoisotopic (exact) mass is 284 g/mol. The van der Waals surface area contributed by atoms with Gasteiger partial charge in [-0.2, -0.15) is 0 Å². The Morgan fingerprint density at radius 1 is 1.19 bits per heavy atom. The van der Waals surface area contributed by atoms with Gasteiger partial charge >= 0.3 is 0 Å². The molecule has 21 heavy (non-hydrogen) atoms. The van der Waals surface area contributed by atoms with Crippen molar-refractivity contribution in [1.82, 2.24) is 9.97 Å².